The first-order valence-corrected chi connectivity index (χ1v) is 9.13. The number of nitrogens with one attached hydrogen (secondary N) is 2. The van der Waals surface area contributed by atoms with Crippen LogP contribution in [0.1, 0.15) is 24.8 Å². The first-order valence-electron chi connectivity index (χ1n) is 9.13. The number of hydrogen-bond acceptors (Lipinski definition) is 3. The van der Waals surface area contributed by atoms with E-state index in [1.165, 1.54) is 6.07 Å². The summed E-state index contributed by atoms with van der Waals surface area (Å²) in [6.07, 6.45) is 3.77. The molecule has 1 heterocycles. The van der Waals surface area contributed by atoms with Crippen LogP contribution in [0.3, 0.4) is 0 Å². The Morgan fingerprint density at radius 2 is 1.96 bits per heavy atom. The molecule has 148 valence electrons. The van der Waals surface area contributed by atoms with Crippen LogP contribution in [0.2, 0.25) is 0 Å². The SMILES string of the molecule is CN=C(NCCCOCC1CCOCC1)NCCc1ccccc1F.I. The Kier molecular flexibility index (Phi) is 12.6. The van der Waals surface area contributed by atoms with E-state index >= 15 is 0 Å². The Morgan fingerprint density at radius 3 is 2.69 bits per heavy atom. The van der Waals surface area contributed by atoms with Crippen molar-refractivity contribution < 1.29 is 13.9 Å². The molecular weight excluding hydrogens is 448 g/mol. The van der Waals surface area contributed by atoms with Gasteiger partial charge >= 0.3 is 0 Å². The second-order valence-electron chi connectivity index (χ2n) is 6.25. The van der Waals surface area contributed by atoms with Crippen molar-refractivity contribution in [2.45, 2.75) is 25.7 Å². The third-order valence-corrected chi connectivity index (χ3v) is 4.32. The predicted octanol–water partition coefficient (Wildman–Crippen LogP) is 2.98. The maximum absolute atomic E-state index is 13.6. The summed E-state index contributed by atoms with van der Waals surface area (Å²) < 4.78 is 24.6. The molecule has 1 aliphatic heterocycles. The highest BCUT2D eigenvalue weighted by molar-refractivity contribution is 14.0. The number of benzene rings is 1. The molecule has 1 aromatic rings. The van der Waals surface area contributed by atoms with E-state index in [9.17, 15) is 4.39 Å². The highest BCUT2D eigenvalue weighted by Gasteiger charge is 2.13. The van der Waals surface area contributed by atoms with Crippen molar-refractivity contribution in [3.63, 3.8) is 0 Å². The minimum Gasteiger partial charge on any atom is -0.381 e. The molecule has 0 aromatic heterocycles. The Hall–Kier alpha value is -0.930. The van der Waals surface area contributed by atoms with E-state index in [0.29, 0.717) is 24.4 Å². The fourth-order valence-corrected chi connectivity index (χ4v) is 2.78. The second kappa shape index (κ2) is 14.2. The van der Waals surface area contributed by atoms with Crippen LogP contribution in [-0.2, 0) is 15.9 Å². The van der Waals surface area contributed by atoms with Crippen LogP contribution < -0.4 is 10.6 Å². The molecule has 0 atom stereocenters. The van der Waals surface area contributed by atoms with Crippen molar-refractivity contribution in [3.05, 3.63) is 35.6 Å². The van der Waals surface area contributed by atoms with Gasteiger partial charge in [-0.2, -0.15) is 0 Å². The quantitative estimate of drug-likeness (QED) is 0.248. The molecule has 0 bridgehead atoms. The van der Waals surface area contributed by atoms with E-state index in [1.54, 1.807) is 13.1 Å². The number of ether oxygens (including phenoxy) is 2. The Balaban J connectivity index is 0.00000338. The lowest BCUT2D eigenvalue weighted by molar-refractivity contribution is 0.0203. The molecule has 1 aromatic carbocycles. The van der Waals surface area contributed by atoms with Gasteiger partial charge in [0.05, 0.1) is 0 Å². The Bertz CT molecular complexity index is 525. The zero-order valence-electron chi connectivity index (χ0n) is 15.5. The van der Waals surface area contributed by atoms with Gasteiger partial charge in [-0.1, -0.05) is 18.2 Å². The largest absolute Gasteiger partial charge is 0.381 e. The van der Waals surface area contributed by atoms with E-state index in [2.05, 4.69) is 15.6 Å². The van der Waals surface area contributed by atoms with Gasteiger partial charge in [0.1, 0.15) is 5.82 Å². The van der Waals surface area contributed by atoms with Gasteiger partial charge < -0.3 is 20.1 Å². The Labute approximate surface area is 173 Å². The topological polar surface area (TPSA) is 54.9 Å². The van der Waals surface area contributed by atoms with E-state index in [4.69, 9.17) is 9.47 Å². The lowest BCUT2D eigenvalue weighted by Gasteiger charge is -2.21. The highest BCUT2D eigenvalue weighted by Crippen LogP contribution is 2.14. The predicted molar refractivity (Wildman–Crippen MR) is 114 cm³/mol. The van der Waals surface area contributed by atoms with Gasteiger partial charge in [-0.05, 0) is 43.2 Å². The second-order valence-corrected chi connectivity index (χ2v) is 6.25. The molecule has 7 heteroatoms. The summed E-state index contributed by atoms with van der Waals surface area (Å²) in [7, 11) is 1.74. The number of guanidine groups is 1. The van der Waals surface area contributed by atoms with Crippen molar-refractivity contribution in [3.8, 4) is 0 Å². The normalized spacial score (nSPS) is 15.4. The molecule has 0 saturated carbocycles. The fraction of sp³-hybridized carbons (Fsp3) is 0.632. The lowest BCUT2D eigenvalue weighted by atomic mass is 10.0. The van der Waals surface area contributed by atoms with E-state index < -0.39 is 0 Å². The molecule has 1 saturated heterocycles. The number of nitrogens with zero attached hydrogens (tertiary/aromatic N) is 1. The minimum atomic E-state index is -0.158. The zero-order valence-corrected chi connectivity index (χ0v) is 17.8. The van der Waals surface area contributed by atoms with Crippen LogP contribution in [-0.4, -0.2) is 52.5 Å². The molecule has 26 heavy (non-hydrogen) atoms. The molecule has 2 rings (SSSR count). The van der Waals surface area contributed by atoms with Gasteiger partial charge in [-0.25, -0.2) is 4.39 Å². The smallest absolute Gasteiger partial charge is 0.190 e. The maximum atomic E-state index is 13.6. The lowest BCUT2D eigenvalue weighted by Crippen LogP contribution is -2.39. The van der Waals surface area contributed by atoms with Crippen molar-refractivity contribution in [2.75, 3.05) is 46.6 Å². The molecule has 1 fully saturated rings. The average molecular weight is 479 g/mol. The van der Waals surface area contributed by atoms with Crippen LogP contribution in [0.5, 0.6) is 0 Å². The monoisotopic (exact) mass is 479 g/mol. The van der Waals surface area contributed by atoms with Crippen LogP contribution in [0.15, 0.2) is 29.3 Å². The van der Waals surface area contributed by atoms with Gasteiger partial charge in [0.2, 0.25) is 0 Å². The van der Waals surface area contributed by atoms with Crippen LogP contribution in [0.4, 0.5) is 4.39 Å². The van der Waals surface area contributed by atoms with Crippen LogP contribution >= 0.6 is 24.0 Å². The molecule has 0 spiro atoms. The zero-order chi connectivity index (χ0) is 17.7. The first-order chi connectivity index (χ1) is 12.3. The Morgan fingerprint density at radius 1 is 1.23 bits per heavy atom. The summed E-state index contributed by atoms with van der Waals surface area (Å²) in [5, 5.41) is 6.46. The van der Waals surface area contributed by atoms with Crippen LogP contribution in [0, 0.1) is 11.7 Å². The highest BCUT2D eigenvalue weighted by atomic mass is 127. The molecule has 0 amide bonds. The molecule has 0 unspecified atom stereocenters. The summed E-state index contributed by atoms with van der Waals surface area (Å²) in [6.45, 7) is 4.75. The third-order valence-electron chi connectivity index (χ3n) is 4.32. The van der Waals surface area contributed by atoms with Crippen molar-refractivity contribution in [1.29, 1.82) is 0 Å². The molecule has 2 N–H and O–H groups in total. The number of halogens is 2. The van der Waals surface area contributed by atoms with E-state index in [1.807, 2.05) is 12.1 Å². The van der Waals surface area contributed by atoms with Crippen LogP contribution in [0.25, 0.3) is 0 Å². The van der Waals surface area contributed by atoms with E-state index in [-0.39, 0.29) is 29.8 Å². The summed E-state index contributed by atoms with van der Waals surface area (Å²) in [4.78, 5) is 4.18. The summed E-state index contributed by atoms with van der Waals surface area (Å²) in [5.41, 5.74) is 0.715. The van der Waals surface area contributed by atoms with Gasteiger partial charge in [0.25, 0.3) is 0 Å². The molecule has 5 nitrogen and oxygen atoms in total. The van der Waals surface area contributed by atoms with Gasteiger partial charge in [-0.15, -0.1) is 24.0 Å². The summed E-state index contributed by atoms with van der Waals surface area (Å²) >= 11 is 0. The number of hydrogen-bond donors (Lipinski definition) is 2. The molecular formula is C19H31FIN3O2. The van der Waals surface area contributed by atoms with Crippen molar-refractivity contribution in [2.24, 2.45) is 10.9 Å². The average Bonchev–Trinajstić information content (AvgIpc) is 2.65. The maximum Gasteiger partial charge on any atom is 0.190 e. The van der Waals surface area contributed by atoms with E-state index in [0.717, 1.165) is 58.2 Å². The number of rotatable bonds is 9. The summed E-state index contributed by atoms with van der Waals surface area (Å²) in [6, 6.07) is 6.86. The summed E-state index contributed by atoms with van der Waals surface area (Å²) in [5.74, 6) is 1.23. The molecule has 1 aliphatic rings. The first kappa shape index (κ1) is 23.1. The van der Waals surface area contributed by atoms with Crippen molar-refractivity contribution >= 4 is 29.9 Å². The number of aliphatic imine (C=N–C) groups is 1. The molecule has 0 aliphatic carbocycles. The fourth-order valence-electron chi connectivity index (χ4n) is 2.78. The standard InChI is InChI=1S/C19H30FN3O2.HI/c1-21-19(23-11-7-17-5-2-3-6-18(17)20)22-10-4-12-25-15-16-8-13-24-14-9-16;/h2-3,5-6,16H,4,7-15H2,1H3,(H2,21,22,23);1H. The van der Waals surface area contributed by atoms with Gasteiger partial charge in [-0.3, -0.25) is 4.99 Å². The third kappa shape index (κ3) is 9.14. The van der Waals surface area contributed by atoms with Gasteiger partial charge in [0, 0.05) is 46.6 Å². The molecule has 0 radical (unpaired) electrons. The van der Waals surface area contributed by atoms with Gasteiger partial charge in [0.15, 0.2) is 5.96 Å². The minimum absolute atomic E-state index is 0. The van der Waals surface area contributed by atoms with Crippen molar-refractivity contribution in [1.82, 2.24) is 10.6 Å².